The van der Waals surface area contributed by atoms with Crippen molar-refractivity contribution in [3.63, 3.8) is 0 Å². The Balaban J connectivity index is 0.00000288. The molecule has 6 heteroatoms. The summed E-state index contributed by atoms with van der Waals surface area (Å²) in [6.45, 7) is 11.4. The van der Waals surface area contributed by atoms with Crippen LogP contribution in [0, 0.1) is 17.8 Å². The Labute approximate surface area is 167 Å². The van der Waals surface area contributed by atoms with Gasteiger partial charge in [-0.15, -0.1) is 24.8 Å². The maximum atomic E-state index is 12.1. The van der Waals surface area contributed by atoms with Gasteiger partial charge in [-0.3, -0.25) is 4.79 Å². The van der Waals surface area contributed by atoms with E-state index in [1.165, 1.54) is 51.7 Å². The van der Waals surface area contributed by atoms with E-state index in [-0.39, 0.29) is 30.7 Å². The summed E-state index contributed by atoms with van der Waals surface area (Å²) >= 11 is 0. The van der Waals surface area contributed by atoms with Crippen molar-refractivity contribution in [3.8, 4) is 0 Å². The summed E-state index contributed by atoms with van der Waals surface area (Å²) in [5, 5.41) is 6.57. The number of rotatable bonds is 8. The average Bonchev–Trinajstić information content (AvgIpc) is 2.55. The van der Waals surface area contributed by atoms with Crippen LogP contribution in [-0.4, -0.2) is 50.1 Å². The molecule has 25 heavy (non-hydrogen) atoms. The second kappa shape index (κ2) is 14.1. The lowest BCUT2D eigenvalue weighted by Gasteiger charge is -2.30. The minimum Gasteiger partial charge on any atom is -0.356 e. The van der Waals surface area contributed by atoms with E-state index in [1.807, 2.05) is 0 Å². The van der Waals surface area contributed by atoms with Crippen molar-refractivity contribution in [2.24, 2.45) is 17.8 Å². The minimum atomic E-state index is 0. The standard InChI is InChI=1S/C19H37N3O.2ClH/c1-16-7-6-12-22(15-16)11-4-3-10-21-19(23)13-17(2)18-8-5-9-20-14-18;;/h16-18,20H,3-15H2,1-2H3,(H,21,23);2*1H. The van der Waals surface area contributed by atoms with Crippen molar-refractivity contribution in [2.45, 2.75) is 58.8 Å². The molecule has 150 valence electrons. The third kappa shape index (κ3) is 10.0. The number of carbonyl (C=O) groups is 1. The van der Waals surface area contributed by atoms with Crippen molar-refractivity contribution in [1.29, 1.82) is 0 Å². The molecule has 1 amide bonds. The van der Waals surface area contributed by atoms with Crippen molar-refractivity contribution in [2.75, 3.05) is 39.3 Å². The van der Waals surface area contributed by atoms with E-state index in [9.17, 15) is 4.79 Å². The molecule has 0 bridgehead atoms. The van der Waals surface area contributed by atoms with Crippen LogP contribution in [0.15, 0.2) is 0 Å². The van der Waals surface area contributed by atoms with Gasteiger partial charge in [0.1, 0.15) is 0 Å². The number of hydrogen-bond donors (Lipinski definition) is 2. The number of likely N-dealkylation sites (tertiary alicyclic amines) is 1. The lowest BCUT2D eigenvalue weighted by Crippen LogP contribution is -2.36. The number of piperidine rings is 2. The number of carbonyl (C=O) groups excluding carboxylic acids is 1. The lowest BCUT2D eigenvalue weighted by atomic mass is 9.85. The predicted octanol–water partition coefficient (Wildman–Crippen LogP) is 3.48. The normalized spacial score (nSPS) is 25.4. The minimum absolute atomic E-state index is 0. The monoisotopic (exact) mass is 395 g/mol. The van der Waals surface area contributed by atoms with Gasteiger partial charge in [0.15, 0.2) is 0 Å². The Morgan fingerprint density at radius 2 is 2.04 bits per heavy atom. The lowest BCUT2D eigenvalue weighted by molar-refractivity contribution is -0.122. The van der Waals surface area contributed by atoms with E-state index in [0.717, 1.165) is 32.0 Å². The van der Waals surface area contributed by atoms with Crippen LogP contribution >= 0.6 is 24.8 Å². The molecule has 0 saturated carbocycles. The quantitative estimate of drug-likeness (QED) is 0.618. The van der Waals surface area contributed by atoms with Crippen LogP contribution in [-0.2, 0) is 4.79 Å². The van der Waals surface area contributed by atoms with Crippen molar-refractivity contribution in [1.82, 2.24) is 15.5 Å². The second-order valence-electron chi connectivity index (χ2n) is 7.89. The van der Waals surface area contributed by atoms with Gasteiger partial charge < -0.3 is 15.5 Å². The highest BCUT2D eigenvalue weighted by Crippen LogP contribution is 2.22. The molecule has 2 fully saturated rings. The van der Waals surface area contributed by atoms with Crippen LogP contribution in [0.5, 0.6) is 0 Å². The van der Waals surface area contributed by atoms with E-state index in [2.05, 4.69) is 29.4 Å². The van der Waals surface area contributed by atoms with E-state index < -0.39 is 0 Å². The summed E-state index contributed by atoms with van der Waals surface area (Å²) in [6, 6.07) is 0. The summed E-state index contributed by atoms with van der Waals surface area (Å²) in [4.78, 5) is 14.7. The Morgan fingerprint density at radius 3 is 2.72 bits per heavy atom. The fourth-order valence-electron chi connectivity index (χ4n) is 4.07. The first-order valence-corrected chi connectivity index (χ1v) is 9.85. The van der Waals surface area contributed by atoms with Gasteiger partial charge in [-0.1, -0.05) is 13.8 Å². The highest BCUT2D eigenvalue weighted by atomic mass is 35.5. The van der Waals surface area contributed by atoms with Gasteiger partial charge in [-0.2, -0.15) is 0 Å². The van der Waals surface area contributed by atoms with Crippen LogP contribution in [0.3, 0.4) is 0 Å². The summed E-state index contributed by atoms with van der Waals surface area (Å²) in [5.41, 5.74) is 0. The third-order valence-electron chi connectivity index (χ3n) is 5.61. The molecule has 2 aliphatic rings. The maximum Gasteiger partial charge on any atom is 0.220 e. The number of nitrogens with zero attached hydrogens (tertiary/aromatic N) is 1. The van der Waals surface area contributed by atoms with E-state index >= 15 is 0 Å². The fourth-order valence-corrected chi connectivity index (χ4v) is 4.07. The average molecular weight is 396 g/mol. The van der Waals surface area contributed by atoms with Gasteiger partial charge in [0.25, 0.3) is 0 Å². The predicted molar refractivity (Wildman–Crippen MR) is 111 cm³/mol. The zero-order valence-electron chi connectivity index (χ0n) is 16.1. The molecule has 2 heterocycles. The van der Waals surface area contributed by atoms with Gasteiger partial charge in [-0.25, -0.2) is 0 Å². The molecule has 0 aromatic rings. The van der Waals surface area contributed by atoms with Crippen LogP contribution in [0.2, 0.25) is 0 Å². The van der Waals surface area contributed by atoms with E-state index in [1.54, 1.807) is 0 Å². The molecule has 0 aromatic heterocycles. The van der Waals surface area contributed by atoms with E-state index in [4.69, 9.17) is 0 Å². The van der Waals surface area contributed by atoms with Crippen molar-refractivity contribution < 1.29 is 4.79 Å². The Kier molecular flexibility index (Phi) is 14.1. The second-order valence-corrected chi connectivity index (χ2v) is 7.89. The number of hydrogen-bond acceptors (Lipinski definition) is 3. The Bertz CT molecular complexity index is 352. The summed E-state index contributed by atoms with van der Waals surface area (Å²) in [5.74, 6) is 2.28. The summed E-state index contributed by atoms with van der Waals surface area (Å²) in [7, 11) is 0. The molecule has 0 aliphatic carbocycles. The largest absolute Gasteiger partial charge is 0.356 e. The molecule has 4 nitrogen and oxygen atoms in total. The van der Waals surface area contributed by atoms with Crippen LogP contribution < -0.4 is 10.6 Å². The van der Waals surface area contributed by atoms with Crippen LogP contribution in [0.4, 0.5) is 0 Å². The van der Waals surface area contributed by atoms with Crippen LogP contribution in [0.1, 0.15) is 58.8 Å². The van der Waals surface area contributed by atoms with Crippen LogP contribution in [0.25, 0.3) is 0 Å². The first kappa shape index (κ1) is 25.0. The van der Waals surface area contributed by atoms with Gasteiger partial charge in [0.05, 0.1) is 0 Å². The molecule has 0 spiro atoms. The number of halogens is 2. The zero-order valence-corrected chi connectivity index (χ0v) is 17.7. The fraction of sp³-hybridized carbons (Fsp3) is 0.947. The molecule has 0 radical (unpaired) electrons. The van der Waals surface area contributed by atoms with Gasteiger partial charge in [-0.05, 0) is 82.5 Å². The highest BCUT2D eigenvalue weighted by Gasteiger charge is 2.21. The van der Waals surface area contributed by atoms with Crippen molar-refractivity contribution >= 4 is 30.7 Å². The Hall–Kier alpha value is -0.0300. The number of nitrogens with one attached hydrogen (secondary N) is 2. The van der Waals surface area contributed by atoms with Crippen molar-refractivity contribution in [3.05, 3.63) is 0 Å². The molecule has 3 unspecified atom stereocenters. The molecule has 3 atom stereocenters. The van der Waals surface area contributed by atoms with E-state index in [0.29, 0.717) is 18.3 Å². The van der Waals surface area contributed by atoms with Gasteiger partial charge >= 0.3 is 0 Å². The maximum absolute atomic E-state index is 12.1. The molecule has 2 rings (SSSR count). The topological polar surface area (TPSA) is 44.4 Å². The molecule has 2 aliphatic heterocycles. The molecule has 0 aromatic carbocycles. The molecule has 2 saturated heterocycles. The molecular weight excluding hydrogens is 357 g/mol. The Morgan fingerprint density at radius 1 is 1.24 bits per heavy atom. The first-order chi connectivity index (χ1) is 11.1. The highest BCUT2D eigenvalue weighted by molar-refractivity contribution is 5.85. The van der Waals surface area contributed by atoms with Gasteiger partial charge in [0.2, 0.25) is 5.91 Å². The molecular formula is C19H39Cl2N3O. The summed E-state index contributed by atoms with van der Waals surface area (Å²) in [6.07, 6.45) is 8.27. The third-order valence-corrected chi connectivity index (χ3v) is 5.61. The summed E-state index contributed by atoms with van der Waals surface area (Å²) < 4.78 is 0. The first-order valence-electron chi connectivity index (χ1n) is 9.85. The van der Waals surface area contributed by atoms with Gasteiger partial charge in [0, 0.05) is 19.5 Å². The number of amides is 1. The molecule has 2 N–H and O–H groups in total. The number of unbranched alkanes of at least 4 members (excludes halogenated alkanes) is 1. The zero-order chi connectivity index (χ0) is 16.5. The smallest absolute Gasteiger partial charge is 0.220 e. The SMILES string of the molecule is CC1CCCN(CCCCNC(=O)CC(C)C2CCCNC2)C1.Cl.Cl.